The third kappa shape index (κ3) is 3.81. The van der Waals surface area contributed by atoms with Crippen LogP contribution in [0.3, 0.4) is 0 Å². The Morgan fingerprint density at radius 2 is 1.85 bits per heavy atom. The minimum atomic E-state index is -0.146. The third-order valence-electron chi connectivity index (χ3n) is 6.82. The number of carbonyl (C=O) groups excluding carboxylic acids is 1. The molecule has 4 heteroatoms. The van der Waals surface area contributed by atoms with E-state index in [1.807, 2.05) is 0 Å². The van der Waals surface area contributed by atoms with Crippen molar-refractivity contribution in [1.29, 1.82) is 0 Å². The largest absolute Gasteiger partial charge is 0.351 e. The van der Waals surface area contributed by atoms with Crippen molar-refractivity contribution in [3.05, 3.63) is 35.4 Å². The maximum atomic E-state index is 12.9. The molecule has 1 saturated carbocycles. The van der Waals surface area contributed by atoms with Gasteiger partial charge in [-0.15, -0.1) is 0 Å². The van der Waals surface area contributed by atoms with Crippen LogP contribution in [0.1, 0.15) is 56.1 Å². The molecule has 2 aliphatic heterocycles. The Balaban J connectivity index is 1.31. The van der Waals surface area contributed by atoms with Gasteiger partial charge in [0.2, 0.25) is 5.91 Å². The molecule has 1 aromatic carbocycles. The molecule has 0 aromatic heterocycles. The first-order valence-corrected chi connectivity index (χ1v) is 10.6. The molecular weight excluding hydrogens is 322 g/mol. The molecule has 26 heavy (non-hydrogen) atoms. The minimum absolute atomic E-state index is 0.146. The monoisotopic (exact) mass is 355 g/mol. The van der Waals surface area contributed by atoms with Crippen LogP contribution in [-0.2, 0) is 17.9 Å². The molecule has 4 nitrogen and oxygen atoms in total. The van der Waals surface area contributed by atoms with E-state index in [1.165, 1.54) is 62.7 Å². The SMILES string of the molecule is O=C(NCc1ccc(CN2CCCCC2)cc1)[C@@]12CCCC[C@H]1CNC2. The second-order valence-corrected chi connectivity index (χ2v) is 8.57. The van der Waals surface area contributed by atoms with Crippen LogP contribution in [0, 0.1) is 11.3 Å². The average molecular weight is 356 g/mol. The van der Waals surface area contributed by atoms with E-state index in [-0.39, 0.29) is 11.3 Å². The highest BCUT2D eigenvalue weighted by Gasteiger charge is 2.49. The molecule has 0 bridgehead atoms. The molecule has 2 heterocycles. The lowest BCUT2D eigenvalue weighted by molar-refractivity contribution is -0.134. The third-order valence-corrected chi connectivity index (χ3v) is 6.82. The van der Waals surface area contributed by atoms with Crippen LogP contribution in [-0.4, -0.2) is 37.0 Å². The topological polar surface area (TPSA) is 44.4 Å². The molecule has 3 fully saturated rings. The lowest BCUT2D eigenvalue weighted by atomic mass is 9.67. The molecule has 0 spiro atoms. The number of hydrogen-bond acceptors (Lipinski definition) is 3. The van der Waals surface area contributed by atoms with Crippen LogP contribution in [0.4, 0.5) is 0 Å². The Labute approximate surface area is 157 Å². The standard InChI is InChI=1S/C22H33N3O/c26-21(22-11-3-2-6-20(22)15-23-17-22)24-14-18-7-9-19(10-8-18)16-25-12-4-1-5-13-25/h7-10,20,23H,1-6,11-17H2,(H,24,26)/t20-,22+/m0/s1. The minimum Gasteiger partial charge on any atom is -0.351 e. The van der Waals surface area contributed by atoms with Crippen molar-refractivity contribution in [3.8, 4) is 0 Å². The fourth-order valence-corrected chi connectivity index (χ4v) is 5.19. The first-order chi connectivity index (χ1) is 12.8. The van der Waals surface area contributed by atoms with E-state index >= 15 is 0 Å². The highest BCUT2D eigenvalue weighted by Crippen LogP contribution is 2.43. The van der Waals surface area contributed by atoms with Crippen LogP contribution >= 0.6 is 0 Å². The van der Waals surface area contributed by atoms with Gasteiger partial charge >= 0.3 is 0 Å². The molecule has 1 amide bonds. The van der Waals surface area contributed by atoms with Gasteiger partial charge in [0, 0.05) is 19.6 Å². The van der Waals surface area contributed by atoms with Crippen LogP contribution in [0.25, 0.3) is 0 Å². The first kappa shape index (κ1) is 18.0. The zero-order valence-corrected chi connectivity index (χ0v) is 15.9. The van der Waals surface area contributed by atoms with Crippen LogP contribution in [0.2, 0.25) is 0 Å². The number of nitrogens with zero attached hydrogens (tertiary/aromatic N) is 1. The lowest BCUT2D eigenvalue weighted by Gasteiger charge is -2.37. The molecule has 4 rings (SSSR count). The summed E-state index contributed by atoms with van der Waals surface area (Å²) in [6, 6.07) is 8.83. The molecule has 0 radical (unpaired) electrons. The highest BCUT2D eigenvalue weighted by atomic mass is 16.2. The van der Waals surface area contributed by atoms with Gasteiger partial charge in [0.15, 0.2) is 0 Å². The Hall–Kier alpha value is -1.39. The number of fused-ring (bicyclic) bond motifs is 1. The number of carbonyl (C=O) groups is 1. The van der Waals surface area contributed by atoms with Gasteiger partial charge in [0.05, 0.1) is 5.41 Å². The van der Waals surface area contributed by atoms with Gasteiger partial charge in [0.1, 0.15) is 0 Å². The summed E-state index contributed by atoms with van der Waals surface area (Å²) in [6.07, 6.45) is 8.77. The van der Waals surface area contributed by atoms with Crippen molar-refractivity contribution >= 4 is 5.91 Å². The summed E-state index contributed by atoms with van der Waals surface area (Å²) >= 11 is 0. The number of likely N-dealkylation sites (tertiary alicyclic amines) is 1. The number of piperidine rings is 1. The maximum Gasteiger partial charge on any atom is 0.228 e. The zero-order chi connectivity index (χ0) is 17.8. The van der Waals surface area contributed by atoms with Gasteiger partial charge in [0.25, 0.3) is 0 Å². The molecule has 0 unspecified atom stereocenters. The number of hydrogen-bond donors (Lipinski definition) is 2. The van der Waals surface area contributed by atoms with Gasteiger partial charge in [-0.25, -0.2) is 0 Å². The van der Waals surface area contributed by atoms with E-state index < -0.39 is 0 Å². The lowest BCUT2D eigenvalue weighted by Crippen LogP contribution is -2.47. The van der Waals surface area contributed by atoms with Crippen molar-refractivity contribution in [3.63, 3.8) is 0 Å². The summed E-state index contributed by atoms with van der Waals surface area (Å²) in [6.45, 7) is 6.04. The number of benzene rings is 1. The fourth-order valence-electron chi connectivity index (χ4n) is 5.19. The number of nitrogens with one attached hydrogen (secondary N) is 2. The van der Waals surface area contributed by atoms with Gasteiger partial charge in [-0.2, -0.15) is 0 Å². The van der Waals surface area contributed by atoms with E-state index in [0.29, 0.717) is 12.5 Å². The summed E-state index contributed by atoms with van der Waals surface area (Å²) in [5.74, 6) is 0.799. The molecule has 1 aliphatic carbocycles. The molecule has 3 aliphatic rings. The summed E-state index contributed by atoms with van der Waals surface area (Å²) in [4.78, 5) is 15.5. The van der Waals surface area contributed by atoms with Crippen molar-refractivity contribution in [1.82, 2.24) is 15.5 Å². The maximum absolute atomic E-state index is 12.9. The van der Waals surface area contributed by atoms with Gasteiger partial charge in [-0.1, -0.05) is 43.5 Å². The van der Waals surface area contributed by atoms with E-state index in [2.05, 4.69) is 39.8 Å². The summed E-state index contributed by atoms with van der Waals surface area (Å²) in [5, 5.41) is 6.71. The molecular formula is C22H33N3O. The predicted molar refractivity (Wildman–Crippen MR) is 105 cm³/mol. The molecule has 2 atom stereocenters. The summed E-state index contributed by atoms with van der Waals surface area (Å²) < 4.78 is 0. The van der Waals surface area contributed by atoms with E-state index in [9.17, 15) is 4.79 Å². The van der Waals surface area contributed by atoms with Crippen LogP contribution in [0.15, 0.2) is 24.3 Å². The van der Waals surface area contributed by atoms with Crippen molar-refractivity contribution in [2.75, 3.05) is 26.2 Å². The highest BCUT2D eigenvalue weighted by molar-refractivity contribution is 5.83. The quantitative estimate of drug-likeness (QED) is 0.853. The molecule has 2 N–H and O–H groups in total. The Morgan fingerprint density at radius 3 is 2.65 bits per heavy atom. The zero-order valence-electron chi connectivity index (χ0n) is 15.9. The summed E-state index contributed by atoms with van der Waals surface area (Å²) in [7, 11) is 0. The summed E-state index contributed by atoms with van der Waals surface area (Å²) in [5.41, 5.74) is 2.44. The van der Waals surface area contributed by atoms with Crippen molar-refractivity contribution in [2.24, 2.45) is 11.3 Å². The Bertz CT molecular complexity index is 608. The average Bonchev–Trinajstić information content (AvgIpc) is 3.13. The van der Waals surface area contributed by atoms with E-state index in [1.54, 1.807) is 0 Å². The number of rotatable bonds is 5. The first-order valence-electron chi connectivity index (χ1n) is 10.6. The van der Waals surface area contributed by atoms with E-state index in [0.717, 1.165) is 26.1 Å². The van der Waals surface area contributed by atoms with E-state index in [4.69, 9.17) is 0 Å². The van der Waals surface area contributed by atoms with Crippen molar-refractivity contribution in [2.45, 2.75) is 58.0 Å². The van der Waals surface area contributed by atoms with Gasteiger partial charge in [-0.3, -0.25) is 9.69 Å². The van der Waals surface area contributed by atoms with Crippen LogP contribution in [0.5, 0.6) is 0 Å². The van der Waals surface area contributed by atoms with Crippen molar-refractivity contribution < 1.29 is 4.79 Å². The fraction of sp³-hybridized carbons (Fsp3) is 0.682. The number of amides is 1. The second kappa shape index (κ2) is 8.10. The molecule has 142 valence electrons. The smallest absolute Gasteiger partial charge is 0.228 e. The van der Waals surface area contributed by atoms with Gasteiger partial charge < -0.3 is 10.6 Å². The normalized spacial score (nSPS) is 29.3. The predicted octanol–water partition coefficient (Wildman–Crippen LogP) is 3.07. The van der Waals surface area contributed by atoms with Gasteiger partial charge in [-0.05, 0) is 62.4 Å². The second-order valence-electron chi connectivity index (χ2n) is 8.57. The van der Waals surface area contributed by atoms with Crippen LogP contribution < -0.4 is 10.6 Å². The molecule has 1 aromatic rings. The molecule has 2 saturated heterocycles. The Morgan fingerprint density at radius 1 is 1.08 bits per heavy atom. The Kier molecular flexibility index (Phi) is 5.60.